The van der Waals surface area contributed by atoms with E-state index in [1.165, 1.54) is 16.7 Å². The lowest BCUT2D eigenvalue weighted by molar-refractivity contribution is 0.0997. The fourth-order valence-electron chi connectivity index (χ4n) is 3.94. The second kappa shape index (κ2) is 8.58. The average Bonchev–Trinajstić information content (AvgIpc) is 3.48. The first-order valence-electron chi connectivity index (χ1n) is 11.7. The summed E-state index contributed by atoms with van der Waals surface area (Å²) in [6.45, 7) is 10.7. The van der Waals surface area contributed by atoms with Crippen LogP contribution >= 0.6 is 0 Å². The van der Waals surface area contributed by atoms with Gasteiger partial charge in [-0.05, 0) is 84.5 Å². The summed E-state index contributed by atoms with van der Waals surface area (Å²) in [5.41, 5.74) is 7.53. The first kappa shape index (κ1) is 22.7. The van der Waals surface area contributed by atoms with Crippen LogP contribution in [0.5, 0.6) is 0 Å². The summed E-state index contributed by atoms with van der Waals surface area (Å²) >= 11 is 0. The van der Waals surface area contributed by atoms with Gasteiger partial charge in [-0.1, -0.05) is 45.0 Å². The fourth-order valence-corrected chi connectivity index (χ4v) is 3.94. The van der Waals surface area contributed by atoms with Crippen molar-refractivity contribution in [2.24, 2.45) is 0 Å². The number of carbonyl (C=O) groups is 1. The average molecular weight is 465 g/mol. The Morgan fingerprint density at radius 3 is 2.26 bits per heavy atom. The molecule has 0 aliphatic heterocycles. The van der Waals surface area contributed by atoms with Gasteiger partial charge in [0, 0.05) is 16.8 Å². The van der Waals surface area contributed by atoms with Crippen LogP contribution < -0.4 is 5.32 Å². The molecule has 5 heteroatoms. The zero-order valence-corrected chi connectivity index (χ0v) is 20.6. The molecule has 2 aromatic heterocycles. The molecule has 5 nitrogen and oxygen atoms in total. The maximum atomic E-state index is 12.8. The Morgan fingerprint density at radius 1 is 0.800 bits per heavy atom. The highest BCUT2D eigenvalue weighted by Gasteiger charge is 2.16. The first-order valence-corrected chi connectivity index (χ1v) is 11.7. The molecule has 0 saturated carbocycles. The number of nitrogens with one attached hydrogen (secondary N) is 1. The van der Waals surface area contributed by atoms with Crippen molar-refractivity contribution in [2.75, 3.05) is 5.32 Å². The third-order valence-corrected chi connectivity index (χ3v) is 6.26. The summed E-state index contributed by atoms with van der Waals surface area (Å²) < 4.78 is 11.8. The Kier molecular flexibility index (Phi) is 5.56. The van der Waals surface area contributed by atoms with Crippen molar-refractivity contribution < 1.29 is 13.6 Å². The zero-order chi connectivity index (χ0) is 24.7. The third kappa shape index (κ3) is 4.62. The molecule has 176 valence electrons. The number of carbonyl (C=O) groups excluding carboxylic acids is 1. The number of hydrogen-bond donors (Lipinski definition) is 1. The van der Waals surface area contributed by atoms with Crippen LogP contribution in [-0.4, -0.2) is 10.9 Å². The van der Waals surface area contributed by atoms with Gasteiger partial charge in [0.2, 0.25) is 5.89 Å². The van der Waals surface area contributed by atoms with Crippen LogP contribution in [0.4, 0.5) is 5.69 Å². The van der Waals surface area contributed by atoms with Gasteiger partial charge in [0.05, 0.1) is 0 Å². The van der Waals surface area contributed by atoms with Crippen LogP contribution in [-0.2, 0) is 5.41 Å². The SMILES string of the molecule is Cc1ccc(-c2ccc(C(=O)Nc3ccc4oc(-c5ccc(C(C)(C)C)cc5)nc4c3)o2)cc1C. The summed E-state index contributed by atoms with van der Waals surface area (Å²) in [4.78, 5) is 17.4. The minimum absolute atomic E-state index is 0.0841. The molecule has 0 bridgehead atoms. The highest BCUT2D eigenvalue weighted by Crippen LogP contribution is 2.30. The molecule has 1 N–H and O–H groups in total. The van der Waals surface area contributed by atoms with Crippen LogP contribution in [0.15, 0.2) is 81.6 Å². The predicted molar refractivity (Wildman–Crippen MR) is 140 cm³/mol. The number of fused-ring (bicyclic) bond motifs is 1. The van der Waals surface area contributed by atoms with Crippen LogP contribution in [0, 0.1) is 13.8 Å². The second-order valence-corrected chi connectivity index (χ2v) is 9.95. The molecule has 0 fully saturated rings. The molecule has 5 rings (SSSR count). The van der Waals surface area contributed by atoms with E-state index < -0.39 is 0 Å². The third-order valence-electron chi connectivity index (χ3n) is 6.26. The van der Waals surface area contributed by atoms with Gasteiger partial charge < -0.3 is 14.2 Å². The van der Waals surface area contributed by atoms with Crippen molar-refractivity contribution in [3.8, 4) is 22.8 Å². The molecule has 0 aliphatic rings. The Labute approximate surface area is 204 Å². The Hall–Kier alpha value is -4.12. The summed E-state index contributed by atoms with van der Waals surface area (Å²) in [7, 11) is 0. The monoisotopic (exact) mass is 464 g/mol. The molecular weight excluding hydrogens is 436 g/mol. The fraction of sp³-hybridized carbons (Fsp3) is 0.200. The maximum Gasteiger partial charge on any atom is 0.291 e. The van der Waals surface area contributed by atoms with E-state index in [2.05, 4.69) is 63.1 Å². The van der Waals surface area contributed by atoms with E-state index in [4.69, 9.17) is 8.83 Å². The summed E-state index contributed by atoms with van der Waals surface area (Å²) in [6.07, 6.45) is 0. The molecule has 2 heterocycles. The quantitative estimate of drug-likeness (QED) is 0.293. The van der Waals surface area contributed by atoms with E-state index in [1.807, 2.05) is 36.4 Å². The topological polar surface area (TPSA) is 68.3 Å². The second-order valence-electron chi connectivity index (χ2n) is 9.95. The molecule has 0 saturated heterocycles. The number of aryl methyl sites for hydroxylation is 2. The number of amides is 1. The molecule has 0 spiro atoms. The number of furan rings is 1. The normalized spacial score (nSPS) is 11.7. The van der Waals surface area contributed by atoms with Crippen molar-refractivity contribution in [2.45, 2.75) is 40.0 Å². The van der Waals surface area contributed by atoms with Crippen LogP contribution in [0.25, 0.3) is 33.9 Å². The van der Waals surface area contributed by atoms with Gasteiger partial charge in [0.25, 0.3) is 5.91 Å². The van der Waals surface area contributed by atoms with Crippen LogP contribution in [0.2, 0.25) is 0 Å². The highest BCUT2D eigenvalue weighted by atomic mass is 16.4. The molecule has 0 unspecified atom stereocenters. The smallest absolute Gasteiger partial charge is 0.291 e. The number of oxazole rings is 1. The summed E-state index contributed by atoms with van der Waals surface area (Å²) in [5, 5.41) is 2.89. The van der Waals surface area contributed by atoms with Crippen molar-refractivity contribution in [3.05, 3.63) is 95.2 Å². The molecule has 3 aromatic carbocycles. The van der Waals surface area contributed by atoms with E-state index >= 15 is 0 Å². The van der Waals surface area contributed by atoms with Gasteiger partial charge >= 0.3 is 0 Å². The molecule has 0 aliphatic carbocycles. The zero-order valence-electron chi connectivity index (χ0n) is 20.6. The van der Waals surface area contributed by atoms with E-state index in [0.717, 1.165) is 11.1 Å². The highest BCUT2D eigenvalue weighted by molar-refractivity contribution is 6.03. The molecule has 0 atom stereocenters. The lowest BCUT2D eigenvalue weighted by atomic mass is 9.87. The van der Waals surface area contributed by atoms with Crippen LogP contribution in [0.1, 0.15) is 48.0 Å². The largest absolute Gasteiger partial charge is 0.451 e. The van der Waals surface area contributed by atoms with Gasteiger partial charge in [-0.25, -0.2) is 4.98 Å². The van der Waals surface area contributed by atoms with Gasteiger partial charge in [-0.15, -0.1) is 0 Å². The summed E-state index contributed by atoms with van der Waals surface area (Å²) in [5.74, 6) is 1.14. The standard InChI is InChI=1S/C30H28N2O3/c1-18-6-7-21(16-19(18)2)25-14-15-27(34-25)28(33)31-23-12-13-26-24(17-23)32-29(35-26)20-8-10-22(11-9-20)30(3,4)5/h6-17H,1-5H3,(H,31,33). The summed E-state index contributed by atoms with van der Waals surface area (Å²) in [6, 6.07) is 23.3. The number of nitrogens with zero attached hydrogens (tertiary/aromatic N) is 1. The molecule has 1 amide bonds. The number of anilines is 1. The Bertz CT molecular complexity index is 1530. The van der Waals surface area contributed by atoms with Crippen molar-refractivity contribution >= 4 is 22.7 Å². The van der Waals surface area contributed by atoms with E-state index in [1.54, 1.807) is 18.2 Å². The van der Waals surface area contributed by atoms with Crippen molar-refractivity contribution in [1.82, 2.24) is 4.98 Å². The van der Waals surface area contributed by atoms with Gasteiger partial charge in [0.1, 0.15) is 11.3 Å². The number of rotatable bonds is 4. The lowest BCUT2D eigenvalue weighted by Gasteiger charge is -2.18. The van der Waals surface area contributed by atoms with Crippen LogP contribution in [0.3, 0.4) is 0 Å². The molecular formula is C30H28N2O3. The van der Waals surface area contributed by atoms with Gasteiger partial charge in [-0.2, -0.15) is 0 Å². The van der Waals surface area contributed by atoms with Crippen molar-refractivity contribution in [3.63, 3.8) is 0 Å². The minimum Gasteiger partial charge on any atom is -0.451 e. The maximum absolute atomic E-state index is 12.8. The van der Waals surface area contributed by atoms with Gasteiger partial charge in [0.15, 0.2) is 11.3 Å². The molecule has 35 heavy (non-hydrogen) atoms. The molecule has 5 aromatic rings. The van der Waals surface area contributed by atoms with E-state index in [9.17, 15) is 4.79 Å². The predicted octanol–water partition coefficient (Wildman–Crippen LogP) is 7.92. The minimum atomic E-state index is -0.319. The van der Waals surface area contributed by atoms with Gasteiger partial charge in [-0.3, -0.25) is 4.79 Å². The molecule has 0 radical (unpaired) electrons. The number of aromatic nitrogens is 1. The number of benzene rings is 3. The Morgan fingerprint density at radius 2 is 1.54 bits per heavy atom. The lowest BCUT2D eigenvalue weighted by Crippen LogP contribution is -2.10. The first-order chi connectivity index (χ1) is 16.7. The Balaban J connectivity index is 1.34. The number of hydrogen-bond acceptors (Lipinski definition) is 4. The van der Waals surface area contributed by atoms with E-state index in [-0.39, 0.29) is 17.1 Å². The van der Waals surface area contributed by atoms with E-state index in [0.29, 0.717) is 28.4 Å². The van der Waals surface area contributed by atoms with Crippen molar-refractivity contribution in [1.29, 1.82) is 0 Å².